The van der Waals surface area contributed by atoms with Crippen molar-refractivity contribution < 1.29 is 13.1 Å². The molecule has 0 bridgehead atoms. The van der Waals surface area contributed by atoms with E-state index < -0.39 is 0 Å². The Morgan fingerprint density at radius 3 is 1.32 bits per heavy atom. The van der Waals surface area contributed by atoms with Gasteiger partial charge in [0.2, 0.25) is 0 Å². The van der Waals surface area contributed by atoms with Crippen LogP contribution >= 0.6 is 0 Å². The average molecular weight is 389 g/mol. The first-order valence-electron chi connectivity index (χ1n) is 10.2. The minimum Gasteiger partial charge on any atom is -0.508 e. The second-order valence-electron chi connectivity index (χ2n) is 8.28. The van der Waals surface area contributed by atoms with Gasteiger partial charge in [0.15, 0.2) is 0 Å². The van der Waals surface area contributed by atoms with Crippen molar-refractivity contribution in [1.82, 2.24) is 9.80 Å². The van der Waals surface area contributed by atoms with E-state index in [-0.39, 0.29) is 2.85 Å². The number of phenolic OH excluding ortho intramolecular Hbond substituents is 2. The van der Waals surface area contributed by atoms with Gasteiger partial charge in [0, 0.05) is 27.1 Å². The van der Waals surface area contributed by atoms with E-state index >= 15 is 0 Å². The van der Waals surface area contributed by atoms with Crippen molar-refractivity contribution in [3.8, 4) is 11.5 Å². The Bertz CT molecular complexity index is 716. The Hall–Kier alpha value is -2.04. The SMILES string of the molecule is CCC(c1ccc(CN(C)C)c(O)c1)C(CC)c1ccc(CN(C)C)c(O)c1.[HH].[HH]. The molecule has 158 valence electrons. The van der Waals surface area contributed by atoms with Crippen LogP contribution in [0.4, 0.5) is 0 Å². The zero-order chi connectivity index (χ0) is 20.8. The molecular weight excluding hydrogens is 348 g/mol. The smallest absolute Gasteiger partial charge is 0.120 e. The van der Waals surface area contributed by atoms with Crippen molar-refractivity contribution in [2.24, 2.45) is 0 Å². The van der Waals surface area contributed by atoms with Gasteiger partial charge < -0.3 is 20.0 Å². The normalized spacial score (nSPS) is 13.9. The number of aromatic hydroxyl groups is 2. The molecule has 2 N–H and O–H groups in total. The van der Waals surface area contributed by atoms with E-state index in [4.69, 9.17) is 0 Å². The van der Waals surface area contributed by atoms with Gasteiger partial charge in [-0.3, -0.25) is 0 Å². The molecule has 0 heterocycles. The third-order valence-electron chi connectivity index (χ3n) is 5.41. The molecule has 2 unspecified atom stereocenters. The highest BCUT2D eigenvalue weighted by molar-refractivity contribution is 5.42. The molecule has 2 aromatic carbocycles. The predicted octanol–water partition coefficient (Wildman–Crippen LogP) is 5.40. The second kappa shape index (κ2) is 9.94. The highest BCUT2D eigenvalue weighted by atomic mass is 16.3. The van der Waals surface area contributed by atoms with E-state index in [0.717, 1.165) is 48.2 Å². The first-order chi connectivity index (χ1) is 13.3. The van der Waals surface area contributed by atoms with Crippen molar-refractivity contribution in [3.63, 3.8) is 0 Å². The summed E-state index contributed by atoms with van der Waals surface area (Å²) in [6.07, 6.45) is 1.95. The van der Waals surface area contributed by atoms with Gasteiger partial charge in [-0.1, -0.05) is 38.1 Å². The predicted molar refractivity (Wildman–Crippen MR) is 121 cm³/mol. The van der Waals surface area contributed by atoms with E-state index in [1.165, 1.54) is 0 Å². The van der Waals surface area contributed by atoms with Crippen LogP contribution < -0.4 is 0 Å². The van der Waals surface area contributed by atoms with Crippen molar-refractivity contribution in [1.29, 1.82) is 0 Å². The fourth-order valence-electron chi connectivity index (χ4n) is 4.08. The van der Waals surface area contributed by atoms with Crippen LogP contribution in [-0.4, -0.2) is 48.2 Å². The average Bonchev–Trinajstić information content (AvgIpc) is 2.62. The Morgan fingerprint density at radius 2 is 1.07 bits per heavy atom. The topological polar surface area (TPSA) is 46.9 Å². The molecule has 0 aromatic heterocycles. The van der Waals surface area contributed by atoms with Gasteiger partial charge in [-0.25, -0.2) is 0 Å². The summed E-state index contributed by atoms with van der Waals surface area (Å²) >= 11 is 0. The quantitative estimate of drug-likeness (QED) is 0.604. The maximum absolute atomic E-state index is 10.5. The minimum atomic E-state index is 0. The second-order valence-corrected chi connectivity index (χ2v) is 8.28. The highest BCUT2D eigenvalue weighted by Gasteiger charge is 2.23. The fraction of sp³-hybridized carbons (Fsp3) is 0.500. The van der Waals surface area contributed by atoms with Gasteiger partial charge in [0.05, 0.1) is 0 Å². The van der Waals surface area contributed by atoms with E-state index in [1.807, 2.05) is 52.5 Å². The summed E-state index contributed by atoms with van der Waals surface area (Å²) in [7, 11) is 8.01. The van der Waals surface area contributed by atoms with Gasteiger partial charge >= 0.3 is 0 Å². The summed E-state index contributed by atoms with van der Waals surface area (Å²) in [5.41, 5.74) is 4.21. The third-order valence-corrected chi connectivity index (χ3v) is 5.41. The number of hydrogen-bond donors (Lipinski definition) is 2. The third kappa shape index (κ3) is 5.49. The van der Waals surface area contributed by atoms with E-state index in [0.29, 0.717) is 23.3 Å². The van der Waals surface area contributed by atoms with Crippen LogP contribution in [0.15, 0.2) is 36.4 Å². The van der Waals surface area contributed by atoms with Crippen LogP contribution in [0.5, 0.6) is 11.5 Å². The Kier molecular flexibility index (Phi) is 7.90. The number of phenols is 2. The molecule has 0 spiro atoms. The molecule has 0 aliphatic carbocycles. The first kappa shape index (κ1) is 22.3. The van der Waals surface area contributed by atoms with Crippen LogP contribution in [0.2, 0.25) is 0 Å². The fourth-order valence-corrected chi connectivity index (χ4v) is 4.08. The molecule has 4 heteroatoms. The molecule has 2 rings (SSSR count). The van der Waals surface area contributed by atoms with Crippen LogP contribution in [0.3, 0.4) is 0 Å². The maximum Gasteiger partial charge on any atom is 0.120 e. The number of benzene rings is 2. The molecule has 0 radical (unpaired) electrons. The molecule has 2 atom stereocenters. The van der Waals surface area contributed by atoms with Gasteiger partial charge in [-0.15, -0.1) is 0 Å². The molecule has 0 fully saturated rings. The van der Waals surface area contributed by atoms with E-state index in [2.05, 4.69) is 35.8 Å². The molecule has 0 aliphatic rings. The van der Waals surface area contributed by atoms with Crippen molar-refractivity contribution in [2.45, 2.75) is 51.6 Å². The van der Waals surface area contributed by atoms with Crippen molar-refractivity contribution in [2.75, 3.05) is 28.2 Å². The zero-order valence-corrected chi connectivity index (χ0v) is 18.2. The lowest BCUT2D eigenvalue weighted by atomic mass is 9.78. The van der Waals surface area contributed by atoms with Gasteiger partial charge in [-0.05, 0) is 76.1 Å². The molecule has 0 amide bonds. The Balaban J connectivity index is 0.00000420. The summed E-state index contributed by atoms with van der Waals surface area (Å²) in [4.78, 5) is 4.11. The van der Waals surface area contributed by atoms with E-state index in [9.17, 15) is 10.2 Å². The molecule has 0 saturated carbocycles. The number of hydrogen-bond acceptors (Lipinski definition) is 4. The zero-order valence-electron chi connectivity index (χ0n) is 18.2. The lowest BCUT2D eigenvalue weighted by molar-refractivity contribution is 0.384. The molecule has 0 aliphatic heterocycles. The summed E-state index contributed by atoms with van der Waals surface area (Å²) in [5.74, 6) is 1.32. The highest BCUT2D eigenvalue weighted by Crippen LogP contribution is 2.40. The number of rotatable bonds is 9. The summed E-state index contributed by atoms with van der Waals surface area (Å²) in [6, 6.07) is 12.2. The van der Waals surface area contributed by atoms with Gasteiger partial charge in [-0.2, -0.15) is 0 Å². The summed E-state index contributed by atoms with van der Waals surface area (Å²) < 4.78 is 0. The first-order valence-corrected chi connectivity index (χ1v) is 10.2. The van der Waals surface area contributed by atoms with Crippen LogP contribution in [0, 0.1) is 0 Å². The maximum atomic E-state index is 10.5. The minimum absolute atomic E-state index is 0. The Morgan fingerprint density at radius 1 is 0.714 bits per heavy atom. The molecular formula is C24H40N2O2. The lowest BCUT2D eigenvalue weighted by Crippen LogP contribution is -2.13. The van der Waals surface area contributed by atoms with Crippen molar-refractivity contribution >= 4 is 0 Å². The van der Waals surface area contributed by atoms with Gasteiger partial charge in [0.1, 0.15) is 11.5 Å². The largest absolute Gasteiger partial charge is 0.508 e. The number of nitrogens with zero attached hydrogens (tertiary/aromatic N) is 2. The molecule has 4 nitrogen and oxygen atoms in total. The van der Waals surface area contributed by atoms with E-state index in [1.54, 1.807) is 0 Å². The van der Waals surface area contributed by atoms with Crippen LogP contribution in [-0.2, 0) is 13.1 Å². The molecule has 28 heavy (non-hydrogen) atoms. The van der Waals surface area contributed by atoms with Gasteiger partial charge in [0.25, 0.3) is 0 Å². The monoisotopic (exact) mass is 388 g/mol. The Labute approximate surface area is 173 Å². The summed E-state index contributed by atoms with van der Waals surface area (Å²) in [5, 5.41) is 21.0. The summed E-state index contributed by atoms with van der Waals surface area (Å²) in [6.45, 7) is 5.83. The van der Waals surface area contributed by atoms with Crippen LogP contribution in [0.25, 0.3) is 0 Å². The van der Waals surface area contributed by atoms with Crippen molar-refractivity contribution in [3.05, 3.63) is 58.7 Å². The standard InChI is InChI=1S/C24H36N2O2.2H2/c1-7-21(17-9-11-19(15-25(3)4)23(27)13-17)22(8-2)18-10-12-20(16-26(5)6)24(28)14-18;;/h9-14,21-22,27-28H,7-8,15-16H2,1-6H3;2*1H. The van der Waals surface area contributed by atoms with Crippen LogP contribution in [0.1, 0.15) is 63.6 Å². The molecule has 0 saturated heterocycles. The molecule has 2 aromatic rings. The lowest BCUT2D eigenvalue weighted by Gasteiger charge is -2.27.